The van der Waals surface area contributed by atoms with Crippen molar-refractivity contribution in [3.05, 3.63) is 39.1 Å². The standard InChI is InChI=1S/C14H14BrFN2S/c1-17-11-3-2-4-12-13(11)19-14(18-12)8-5-6-10(16)9(15)7-8/h5-7,11,17H,2-4H2,1H3. The molecule has 0 saturated heterocycles. The quantitative estimate of drug-likeness (QED) is 0.881. The highest BCUT2D eigenvalue weighted by Crippen LogP contribution is 2.38. The molecule has 0 aliphatic heterocycles. The first-order chi connectivity index (χ1) is 9.19. The third-order valence-corrected chi connectivity index (χ3v) is 5.33. The van der Waals surface area contributed by atoms with E-state index < -0.39 is 0 Å². The molecule has 0 saturated carbocycles. The molecule has 0 radical (unpaired) electrons. The summed E-state index contributed by atoms with van der Waals surface area (Å²) in [5.41, 5.74) is 2.17. The van der Waals surface area contributed by atoms with Crippen molar-refractivity contribution in [2.45, 2.75) is 25.3 Å². The second-order valence-corrected chi connectivity index (χ2v) is 6.58. The second kappa shape index (κ2) is 5.31. The molecular weight excluding hydrogens is 327 g/mol. The van der Waals surface area contributed by atoms with Crippen molar-refractivity contribution in [1.29, 1.82) is 0 Å². The average molecular weight is 341 g/mol. The number of halogens is 2. The van der Waals surface area contributed by atoms with Gasteiger partial charge >= 0.3 is 0 Å². The molecule has 0 amide bonds. The van der Waals surface area contributed by atoms with Crippen molar-refractivity contribution in [1.82, 2.24) is 10.3 Å². The van der Waals surface area contributed by atoms with Crippen LogP contribution in [0.3, 0.4) is 0 Å². The van der Waals surface area contributed by atoms with Gasteiger partial charge in [0.25, 0.3) is 0 Å². The van der Waals surface area contributed by atoms with Gasteiger partial charge in [0.1, 0.15) is 10.8 Å². The number of nitrogens with zero attached hydrogens (tertiary/aromatic N) is 1. The summed E-state index contributed by atoms with van der Waals surface area (Å²) in [6.45, 7) is 0. The number of hydrogen-bond acceptors (Lipinski definition) is 3. The molecule has 2 aromatic rings. The molecule has 1 aliphatic rings. The van der Waals surface area contributed by atoms with Crippen LogP contribution in [-0.4, -0.2) is 12.0 Å². The lowest BCUT2D eigenvalue weighted by atomic mass is 9.98. The maximum absolute atomic E-state index is 13.3. The lowest BCUT2D eigenvalue weighted by molar-refractivity contribution is 0.501. The van der Waals surface area contributed by atoms with E-state index in [0.717, 1.165) is 23.4 Å². The minimum absolute atomic E-state index is 0.238. The molecule has 1 atom stereocenters. The lowest BCUT2D eigenvalue weighted by Crippen LogP contribution is -2.19. The number of rotatable bonds is 2. The van der Waals surface area contributed by atoms with Crippen LogP contribution >= 0.6 is 27.3 Å². The number of nitrogens with one attached hydrogen (secondary N) is 1. The molecule has 1 unspecified atom stereocenters. The minimum atomic E-state index is -0.238. The molecule has 5 heteroatoms. The van der Waals surface area contributed by atoms with Gasteiger partial charge in [-0.2, -0.15) is 0 Å². The van der Waals surface area contributed by atoms with E-state index in [1.54, 1.807) is 23.5 Å². The third kappa shape index (κ3) is 2.47. The highest BCUT2D eigenvalue weighted by atomic mass is 79.9. The van der Waals surface area contributed by atoms with Crippen LogP contribution in [0.25, 0.3) is 10.6 Å². The van der Waals surface area contributed by atoms with Gasteiger partial charge < -0.3 is 5.32 Å². The Labute approximate surface area is 124 Å². The molecule has 100 valence electrons. The van der Waals surface area contributed by atoms with Crippen molar-refractivity contribution in [2.75, 3.05) is 7.05 Å². The first kappa shape index (κ1) is 13.2. The highest BCUT2D eigenvalue weighted by Gasteiger charge is 2.23. The molecule has 3 rings (SSSR count). The van der Waals surface area contributed by atoms with Crippen LogP contribution in [0, 0.1) is 5.82 Å². The van der Waals surface area contributed by atoms with Crippen LogP contribution in [0.4, 0.5) is 4.39 Å². The summed E-state index contributed by atoms with van der Waals surface area (Å²) in [6.07, 6.45) is 3.39. The van der Waals surface area contributed by atoms with Crippen molar-refractivity contribution in [2.24, 2.45) is 0 Å². The molecule has 1 N–H and O–H groups in total. The summed E-state index contributed by atoms with van der Waals surface area (Å²) in [4.78, 5) is 6.06. The number of hydrogen-bond donors (Lipinski definition) is 1. The first-order valence-electron chi connectivity index (χ1n) is 6.31. The predicted molar refractivity (Wildman–Crippen MR) is 79.9 cm³/mol. The highest BCUT2D eigenvalue weighted by molar-refractivity contribution is 9.10. The fraction of sp³-hybridized carbons (Fsp3) is 0.357. The molecule has 1 heterocycles. The topological polar surface area (TPSA) is 24.9 Å². The molecule has 1 aliphatic carbocycles. The van der Waals surface area contributed by atoms with E-state index >= 15 is 0 Å². The maximum Gasteiger partial charge on any atom is 0.137 e. The van der Waals surface area contributed by atoms with Crippen LogP contribution in [0.1, 0.15) is 29.5 Å². The van der Waals surface area contributed by atoms with E-state index in [0.29, 0.717) is 10.5 Å². The van der Waals surface area contributed by atoms with Crippen molar-refractivity contribution in [3.63, 3.8) is 0 Å². The maximum atomic E-state index is 13.3. The van der Waals surface area contributed by atoms with Crippen molar-refractivity contribution >= 4 is 27.3 Å². The Morgan fingerprint density at radius 1 is 1.47 bits per heavy atom. The van der Waals surface area contributed by atoms with Gasteiger partial charge in [0.2, 0.25) is 0 Å². The second-order valence-electron chi connectivity index (χ2n) is 4.69. The van der Waals surface area contributed by atoms with Gasteiger partial charge in [0.15, 0.2) is 0 Å². The van der Waals surface area contributed by atoms with Crippen LogP contribution in [0.15, 0.2) is 22.7 Å². The van der Waals surface area contributed by atoms with Gasteiger partial charge in [-0.3, -0.25) is 0 Å². The van der Waals surface area contributed by atoms with Crippen LogP contribution in [-0.2, 0) is 6.42 Å². The average Bonchev–Trinajstić information content (AvgIpc) is 2.85. The van der Waals surface area contributed by atoms with E-state index in [1.807, 2.05) is 7.05 Å². The van der Waals surface area contributed by atoms with E-state index in [1.165, 1.54) is 23.1 Å². The van der Waals surface area contributed by atoms with Crippen molar-refractivity contribution in [3.8, 4) is 10.6 Å². The fourth-order valence-electron chi connectivity index (χ4n) is 2.45. The molecule has 1 aromatic heterocycles. The van der Waals surface area contributed by atoms with Crippen molar-refractivity contribution < 1.29 is 4.39 Å². The number of fused-ring (bicyclic) bond motifs is 1. The van der Waals surface area contributed by atoms with Crippen LogP contribution in [0.5, 0.6) is 0 Å². The monoisotopic (exact) mass is 340 g/mol. The van der Waals surface area contributed by atoms with Gasteiger partial charge in [-0.25, -0.2) is 9.37 Å². The minimum Gasteiger partial charge on any atom is -0.312 e. The normalized spacial score (nSPS) is 18.4. The summed E-state index contributed by atoms with van der Waals surface area (Å²) < 4.78 is 13.8. The summed E-state index contributed by atoms with van der Waals surface area (Å²) in [5, 5.41) is 4.33. The Morgan fingerprint density at radius 3 is 3.05 bits per heavy atom. The molecule has 0 bridgehead atoms. The predicted octanol–water partition coefficient (Wildman–Crippen LogP) is 4.31. The Balaban J connectivity index is 2.02. The van der Waals surface area contributed by atoms with E-state index in [-0.39, 0.29) is 5.82 Å². The van der Waals surface area contributed by atoms with E-state index in [9.17, 15) is 4.39 Å². The van der Waals surface area contributed by atoms with Gasteiger partial charge in [0.05, 0.1) is 10.2 Å². The Kier molecular flexibility index (Phi) is 3.69. The van der Waals surface area contributed by atoms with Gasteiger partial charge in [-0.15, -0.1) is 11.3 Å². The lowest BCUT2D eigenvalue weighted by Gasteiger charge is -2.19. The number of aromatic nitrogens is 1. The molecule has 19 heavy (non-hydrogen) atoms. The summed E-state index contributed by atoms with van der Waals surface area (Å²) in [7, 11) is 1.99. The fourth-order valence-corrected chi connectivity index (χ4v) is 4.08. The van der Waals surface area contributed by atoms with Crippen LogP contribution < -0.4 is 5.32 Å². The zero-order valence-corrected chi connectivity index (χ0v) is 12.9. The summed E-state index contributed by atoms with van der Waals surface area (Å²) in [5.74, 6) is -0.238. The zero-order chi connectivity index (χ0) is 13.4. The Morgan fingerprint density at radius 2 is 2.32 bits per heavy atom. The third-order valence-electron chi connectivity index (χ3n) is 3.47. The number of aryl methyl sites for hydroxylation is 1. The number of benzene rings is 1. The van der Waals surface area contributed by atoms with E-state index in [4.69, 9.17) is 4.98 Å². The van der Waals surface area contributed by atoms with Gasteiger partial charge in [0, 0.05) is 16.5 Å². The smallest absolute Gasteiger partial charge is 0.137 e. The molecule has 1 aromatic carbocycles. The Hall–Kier alpha value is -0.780. The largest absolute Gasteiger partial charge is 0.312 e. The van der Waals surface area contributed by atoms with E-state index in [2.05, 4.69) is 21.2 Å². The summed E-state index contributed by atoms with van der Waals surface area (Å²) in [6, 6.07) is 5.49. The molecule has 2 nitrogen and oxygen atoms in total. The summed E-state index contributed by atoms with van der Waals surface area (Å²) >= 11 is 4.95. The van der Waals surface area contributed by atoms with Gasteiger partial charge in [-0.1, -0.05) is 0 Å². The first-order valence-corrected chi connectivity index (χ1v) is 7.92. The molecule has 0 fully saturated rings. The van der Waals surface area contributed by atoms with Crippen LogP contribution in [0.2, 0.25) is 0 Å². The molecule has 0 spiro atoms. The zero-order valence-electron chi connectivity index (χ0n) is 10.5. The number of thiazole rings is 1. The van der Waals surface area contributed by atoms with Gasteiger partial charge in [-0.05, 0) is 60.4 Å². The SMILES string of the molecule is CNC1CCCc2nc(-c3ccc(F)c(Br)c3)sc21. The Bertz CT molecular complexity index is 611. The molecular formula is C14H14BrFN2S.